The van der Waals surface area contributed by atoms with Crippen LogP contribution >= 0.6 is 0 Å². The smallest absolute Gasteiger partial charge is 0.0586 e. The van der Waals surface area contributed by atoms with Crippen molar-refractivity contribution in [2.24, 2.45) is 11.7 Å². The van der Waals surface area contributed by atoms with Crippen LogP contribution in [0.1, 0.15) is 44.9 Å². The molecule has 3 unspecified atom stereocenters. The molecule has 1 aliphatic heterocycles. The lowest BCUT2D eigenvalue weighted by atomic mass is 10.0. The Kier molecular flexibility index (Phi) is 4.62. The summed E-state index contributed by atoms with van der Waals surface area (Å²) < 4.78 is 0. The molecule has 2 fully saturated rings. The number of aliphatic hydroxyl groups excluding tert-OH is 1. The highest BCUT2D eigenvalue weighted by atomic mass is 16.3. The highest BCUT2D eigenvalue weighted by Gasteiger charge is 2.29. The van der Waals surface area contributed by atoms with Crippen LogP contribution in [0.5, 0.6) is 0 Å². The average molecular weight is 226 g/mol. The summed E-state index contributed by atoms with van der Waals surface area (Å²) in [5.74, 6) is 0.673. The molecule has 0 amide bonds. The van der Waals surface area contributed by atoms with Crippen molar-refractivity contribution < 1.29 is 5.11 Å². The maximum atomic E-state index is 9.45. The van der Waals surface area contributed by atoms with Gasteiger partial charge in [-0.3, -0.25) is 4.90 Å². The second kappa shape index (κ2) is 5.99. The van der Waals surface area contributed by atoms with Gasteiger partial charge in [-0.2, -0.15) is 0 Å². The lowest BCUT2D eigenvalue weighted by molar-refractivity contribution is 0.106. The predicted octanol–water partition coefficient (Wildman–Crippen LogP) is 1.35. The van der Waals surface area contributed by atoms with Gasteiger partial charge < -0.3 is 10.8 Å². The van der Waals surface area contributed by atoms with Crippen molar-refractivity contribution >= 4 is 0 Å². The normalized spacial score (nSPS) is 37.5. The van der Waals surface area contributed by atoms with Gasteiger partial charge in [0.15, 0.2) is 0 Å². The average Bonchev–Trinajstić information content (AvgIpc) is 2.56. The van der Waals surface area contributed by atoms with Crippen molar-refractivity contribution in [2.45, 2.75) is 57.0 Å². The molecular weight excluding hydrogens is 200 g/mol. The van der Waals surface area contributed by atoms with Crippen LogP contribution in [0.2, 0.25) is 0 Å². The summed E-state index contributed by atoms with van der Waals surface area (Å²) in [5.41, 5.74) is 6.13. The Morgan fingerprint density at radius 2 is 1.94 bits per heavy atom. The minimum Gasteiger partial charge on any atom is -0.395 e. The van der Waals surface area contributed by atoms with Gasteiger partial charge >= 0.3 is 0 Å². The van der Waals surface area contributed by atoms with Gasteiger partial charge in [-0.05, 0) is 38.1 Å². The maximum Gasteiger partial charge on any atom is 0.0586 e. The summed E-state index contributed by atoms with van der Waals surface area (Å²) in [6, 6.07) is 0.804. The van der Waals surface area contributed by atoms with Crippen molar-refractivity contribution in [2.75, 3.05) is 19.7 Å². The van der Waals surface area contributed by atoms with Crippen molar-refractivity contribution in [1.82, 2.24) is 4.90 Å². The first-order chi connectivity index (χ1) is 7.81. The third-order valence-electron chi connectivity index (χ3n) is 4.40. The Morgan fingerprint density at radius 1 is 1.06 bits per heavy atom. The zero-order chi connectivity index (χ0) is 11.4. The topological polar surface area (TPSA) is 49.5 Å². The van der Waals surface area contributed by atoms with E-state index in [1.807, 2.05) is 0 Å². The quantitative estimate of drug-likeness (QED) is 0.764. The van der Waals surface area contributed by atoms with Crippen LogP contribution in [0.3, 0.4) is 0 Å². The van der Waals surface area contributed by atoms with E-state index in [-0.39, 0.29) is 0 Å². The van der Waals surface area contributed by atoms with E-state index in [1.54, 1.807) is 0 Å². The molecule has 0 aromatic rings. The highest BCUT2D eigenvalue weighted by molar-refractivity contribution is 4.85. The molecule has 0 spiro atoms. The van der Waals surface area contributed by atoms with E-state index in [0.717, 1.165) is 13.1 Å². The summed E-state index contributed by atoms with van der Waals surface area (Å²) in [6.45, 7) is 2.60. The van der Waals surface area contributed by atoms with Crippen LogP contribution in [0.4, 0.5) is 0 Å². The number of rotatable bonds is 3. The predicted molar refractivity (Wildman–Crippen MR) is 66.2 cm³/mol. The van der Waals surface area contributed by atoms with Crippen LogP contribution in [0, 0.1) is 5.92 Å². The third kappa shape index (κ3) is 2.96. The van der Waals surface area contributed by atoms with E-state index in [2.05, 4.69) is 4.90 Å². The first-order valence-electron chi connectivity index (χ1n) is 6.91. The number of nitrogens with two attached hydrogens (primary N) is 1. The van der Waals surface area contributed by atoms with Gasteiger partial charge in [0.05, 0.1) is 6.61 Å². The molecule has 1 saturated carbocycles. The molecular formula is C13H26N2O. The lowest BCUT2D eigenvalue weighted by Gasteiger charge is -2.32. The largest absolute Gasteiger partial charge is 0.395 e. The maximum absolute atomic E-state index is 9.45. The van der Waals surface area contributed by atoms with Crippen molar-refractivity contribution in [3.05, 3.63) is 0 Å². The fourth-order valence-electron chi connectivity index (χ4n) is 3.28. The fraction of sp³-hybridized carbons (Fsp3) is 1.00. The van der Waals surface area contributed by atoms with E-state index >= 15 is 0 Å². The minimum atomic E-state index is 0.321. The molecule has 0 radical (unpaired) electrons. The van der Waals surface area contributed by atoms with Crippen LogP contribution in [0.25, 0.3) is 0 Å². The highest BCUT2D eigenvalue weighted by Crippen LogP contribution is 2.27. The molecule has 3 atom stereocenters. The first-order valence-corrected chi connectivity index (χ1v) is 6.91. The van der Waals surface area contributed by atoms with Gasteiger partial charge in [0.2, 0.25) is 0 Å². The molecule has 1 heterocycles. The Bertz CT molecular complexity index is 210. The van der Waals surface area contributed by atoms with Crippen LogP contribution in [-0.4, -0.2) is 41.8 Å². The Morgan fingerprint density at radius 3 is 2.62 bits per heavy atom. The van der Waals surface area contributed by atoms with Gasteiger partial charge in [-0.15, -0.1) is 0 Å². The van der Waals surface area contributed by atoms with Gasteiger partial charge in [-0.1, -0.05) is 19.3 Å². The standard InChI is InChI=1S/C13H26N2O/c14-13-7-4-5-11(13)9-15-8-3-1-2-6-12(15)10-16/h11-13,16H,1-10,14H2. The third-order valence-corrected chi connectivity index (χ3v) is 4.40. The van der Waals surface area contributed by atoms with Crippen molar-refractivity contribution in [3.8, 4) is 0 Å². The van der Waals surface area contributed by atoms with E-state index in [9.17, 15) is 5.11 Å². The second-order valence-corrected chi connectivity index (χ2v) is 5.54. The summed E-state index contributed by atoms with van der Waals surface area (Å²) in [5, 5.41) is 9.45. The molecule has 2 aliphatic rings. The molecule has 1 saturated heterocycles. The van der Waals surface area contributed by atoms with E-state index in [4.69, 9.17) is 5.73 Å². The zero-order valence-corrected chi connectivity index (χ0v) is 10.3. The Labute approximate surface area is 99.0 Å². The Hall–Kier alpha value is -0.120. The number of hydrogen-bond acceptors (Lipinski definition) is 3. The summed E-state index contributed by atoms with van der Waals surface area (Å²) in [6.07, 6.45) is 8.83. The Balaban J connectivity index is 1.89. The minimum absolute atomic E-state index is 0.321. The molecule has 1 aliphatic carbocycles. The van der Waals surface area contributed by atoms with Crippen molar-refractivity contribution in [1.29, 1.82) is 0 Å². The van der Waals surface area contributed by atoms with Gasteiger partial charge in [-0.25, -0.2) is 0 Å². The van der Waals surface area contributed by atoms with Crippen molar-refractivity contribution in [3.63, 3.8) is 0 Å². The molecule has 0 aromatic heterocycles. The van der Waals surface area contributed by atoms with Crippen LogP contribution < -0.4 is 5.73 Å². The van der Waals surface area contributed by atoms with Gasteiger partial charge in [0.1, 0.15) is 0 Å². The molecule has 3 N–H and O–H groups in total. The van der Waals surface area contributed by atoms with E-state index in [1.165, 1.54) is 44.9 Å². The molecule has 2 rings (SSSR count). The first kappa shape index (κ1) is 12.3. The molecule has 94 valence electrons. The lowest BCUT2D eigenvalue weighted by Crippen LogP contribution is -2.43. The monoisotopic (exact) mass is 226 g/mol. The van der Waals surface area contributed by atoms with Gasteiger partial charge in [0.25, 0.3) is 0 Å². The molecule has 0 bridgehead atoms. The summed E-state index contributed by atoms with van der Waals surface area (Å²) in [7, 11) is 0. The second-order valence-electron chi connectivity index (χ2n) is 5.54. The van der Waals surface area contributed by atoms with Gasteiger partial charge in [0, 0.05) is 18.6 Å². The number of nitrogens with zero attached hydrogens (tertiary/aromatic N) is 1. The van der Waals surface area contributed by atoms with Crippen LogP contribution in [0.15, 0.2) is 0 Å². The molecule has 16 heavy (non-hydrogen) atoms. The number of hydrogen-bond donors (Lipinski definition) is 2. The fourth-order valence-corrected chi connectivity index (χ4v) is 3.28. The SMILES string of the molecule is NC1CCCC1CN1CCCCCC1CO. The molecule has 0 aromatic carbocycles. The molecule has 3 nitrogen and oxygen atoms in total. The van der Waals surface area contributed by atoms with Crippen LogP contribution in [-0.2, 0) is 0 Å². The van der Waals surface area contributed by atoms with E-state index < -0.39 is 0 Å². The summed E-state index contributed by atoms with van der Waals surface area (Å²) >= 11 is 0. The number of aliphatic hydroxyl groups is 1. The molecule has 3 heteroatoms. The van der Waals surface area contributed by atoms with E-state index in [0.29, 0.717) is 24.6 Å². The number of likely N-dealkylation sites (tertiary alicyclic amines) is 1. The summed E-state index contributed by atoms with van der Waals surface area (Å²) in [4.78, 5) is 2.50. The zero-order valence-electron chi connectivity index (χ0n) is 10.3.